The Morgan fingerprint density at radius 1 is 1.50 bits per heavy atom. The molecule has 2 aromatic heterocycles. The molecule has 96 valence electrons. The lowest BCUT2D eigenvalue weighted by Gasteiger charge is -2.25. The topological polar surface area (TPSA) is 42.1 Å². The first-order chi connectivity index (χ1) is 8.72. The molecule has 2 aromatic rings. The third-order valence-electron chi connectivity index (χ3n) is 3.23. The second kappa shape index (κ2) is 5.09. The number of nitrogens with zero attached hydrogens (tertiary/aromatic N) is 2. The Bertz CT molecular complexity index is 530. The molecule has 0 bridgehead atoms. The Balaban J connectivity index is 1.67. The van der Waals surface area contributed by atoms with Gasteiger partial charge in [-0.25, -0.2) is 4.98 Å². The van der Waals surface area contributed by atoms with Gasteiger partial charge in [-0.15, -0.1) is 22.7 Å². The second-order valence-corrected chi connectivity index (χ2v) is 6.69. The largest absolute Gasteiger partial charge is 0.322 e. The van der Waals surface area contributed by atoms with Crippen LogP contribution in [0, 0.1) is 0 Å². The molecular weight excluding hydrogens is 262 g/mol. The van der Waals surface area contributed by atoms with Crippen molar-refractivity contribution in [3.8, 4) is 0 Å². The summed E-state index contributed by atoms with van der Waals surface area (Å²) in [4.78, 5) is 8.63. The zero-order valence-corrected chi connectivity index (χ0v) is 12.1. The Kier molecular flexibility index (Phi) is 3.48. The van der Waals surface area contributed by atoms with Gasteiger partial charge in [0, 0.05) is 29.9 Å². The molecule has 0 radical (unpaired) electrons. The van der Waals surface area contributed by atoms with Crippen LogP contribution in [0.4, 0.5) is 0 Å². The first kappa shape index (κ1) is 12.3. The van der Waals surface area contributed by atoms with Gasteiger partial charge in [0.15, 0.2) is 0 Å². The number of hydrogen-bond acceptors (Lipinski definition) is 5. The maximum atomic E-state index is 5.85. The lowest BCUT2D eigenvalue weighted by molar-refractivity contribution is 0.245. The number of nitrogens with two attached hydrogens (primary N) is 1. The summed E-state index contributed by atoms with van der Waals surface area (Å²) in [5.41, 5.74) is 8.50. The lowest BCUT2D eigenvalue weighted by Crippen LogP contribution is -2.29. The minimum Gasteiger partial charge on any atom is -0.322 e. The van der Waals surface area contributed by atoms with Crippen molar-refractivity contribution in [1.82, 2.24) is 9.88 Å². The SMILES string of the molecule is CC(N)c1nc(CN2CCc3sccc3C2)cs1. The predicted molar refractivity (Wildman–Crippen MR) is 76.9 cm³/mol. The van der Waals surface area contributed by atoms with E-state index in [9.17, 15) is 0 Å². The quantitative estimate of drug-likeness (QED) is 0.939. The van der Waals surface area contributed by atoms with Crippen LogP contribution in [0.3, 0.4) is 0 Å². The zero-order valence-electron chi connectivity index (χ0n) is 10.4. The normalized spacial score (nSPS) is 17.7. The van der Waals surface area contributed by atoms with E-state index in [1.165, 1.54) is 12.0 Å². The predicted octanol–water partition coefficient (Wildman–Crippen LogP) is 2.78. The van der Waals surface area contributed by atoms with E-state index in [2.05, 4.69) is 26.7 Å². The van der Waals surface area contributed by atoms with Crippen LogP contribution < -0.4 is 5.73 Å². The van der Waals surface area contributed by atoms with Crippen LogP contribution in [-0.4, -0.2) is 16.4 Å². The van der Waals surface area contributed by atoms with Crippen molar-refractivity contribution >= 4 is 22.7 Å². The molecule has 0 aromatic carbocycles. The van der Waals surface area contributed by atoms with Gasteiger partial charge in [-0.2, -0.15) is 0 Å². The fraction of sp³-hybridized carbons (Fsp3) is 0.462. The van der Waals surface area contributed by atoms with Crippen molar-refractivity contribution in [3.63, 3.8) is 0 Å². The number of aromatic nitrogens is 1. The molecule has 0 spiro atoms. The number of hydrogen-bond donors (Lipinski definition) is 1. The molecule has 1 aliphatic rings. The highest BCUT2D eigenvalue weighted by molar-refractivity contribution is 7.10. The average Bonchev–Trinajstić information content (AvgIpc) is 2.96. The van der Waals surface area contributed by atoms with Crippen LogP contribution in [-0.2, 0) is 19.5 Å². The first-order valence-corrected chi connectivity index (χ1v) is 7.96. The molecule has 0 amide bonds. The average molecular weight is 279 g/mol. The van der Waals surface area contributed by atoms with Crippen molar-refractivity contribution in [3.05, 3.63) is 38.0 Å². The third-order valence-corrected chi connectivity index (χ3v) is 5.35. The van der Waals surface area contributed by atoms with Crippen LogP contribution in [0.5, 0.6) is 0 Å². The zero-order chi connectivity index (χ0) is 12.5. The van der Waals surface area contributed by atoms with E-state index in [0.717, 1.165) is 30.3 Å². The van der Waals surface area contributed by atoms with E-state index in [0.29, 0.717) is 0 Å². The Morgan fingerprint density at radius 3 is 3.17 bits per heavy atom. The van der Waals surface area contributed by atoms with Crippen LogP contribution in [0.25, 0.3) is 0 Å². The van der Waals surface area contributed by atoms with E-state index >= 15 is 0 Å². The maximum absolute atomic E-state index is 5.85. The third kappa shape index (κ3) is 2.49. The fourth-order valence-corrected chi connectivity index (χ4v) is 3.93. The van der Waals surface area contributed by atoms with Gasteiger partial charge >= 0.3 is 0 Å². The maximum Gasteiger partial charge on any atom is 0.109 e. The minimum absolute atomic E-state index is 0.0496. The van der Waals surface area contributed by atoms with Gasteiger partial charge in [-0.3, -0.25) is 4.90 Å². The summed E-state index contributed by atoms with van der Waals surface area (Å²) in [7, 11) is 0. The van der Waals surface area contributed by atoms with E-state index in [4.69, 9.17) is 5.73 Å². The Morgan fingerprint density at radius 2 is 2.39 bits per heavy atom. The van der Waals surface area contributed by atoms with Gasteiger partial charge in [-0.05, 0) is 30.4 Å². The summed E-state index contributed by atoms with van der Waals surface area (Å²) in [5.74, 6) is 0. The van der Waals surface area contributed by atoms with Crippen LogP contribution in [0.15, 0.2) is 16.8 Å². The Labute approximate surface area is 115 Å². The second-order valence-electron chi connectivity index (χ2n) is 4.80. The van der Waals surface area contributed by atoms with Crippen molar-refractivity contribution in [1.29, 1.82) is 0 Å². The van der Waals surface area contributed by atoms with Crippen molar-refractivity contribution in [2.45, 2.75) is 32.5 Å². The van der Waals surface area contributed by atoms with Crippen LogP contribution in [0.1, 0.15) is 34.1 Å². The molecule has 3 heterocycles. The van der Waals surface area contributed by atoms with Crippen LogP contribution in [0.2, 0.25) is 0 Å². The van der Waals surface area contributed by atoms with E-state index in [1.807, 2.05) is 18.3 Å². The molecule has 0 fully saturated rings. The highest BCUT2D eigenvalue weighted by Crippen LogP contribution is 2.25. The molecule has 3 nitrogen and oxygen atoms in total. The number of rotatable bonds is 3. The standard InChI is InChI=1S/C13H17N3S2/c1-9(14)13-15-11(8-18-13)7-16-4-2-12-10(6-16)3-5-17-12/h3,5,8-9H,2,4,6-7,14H2,1H3. The highest BCUT2D eigenvalue weighted by atomic mass is 32.1. The molecular formula is C13H17N3S2. The van der Waals surface area contributed by atoms with Gasteiger partial charge in [0.1, 0.15) is 5.01 Å². The molecule has 5 heteroatoms. The smallest absolute Gasteiger partial charge is 0.109 e. The molecule has 1 aliphatic heterocycles. The summed E-state index contributed by atoms with van der Waals surface area (Å²) in [5, 5.41) is 5.38. The van der Waals surface area contributed by atoms with E-state index in [-0.39, 0.29) is 6.04 Å². The number of thiophene rings is 1. The molecule has 18 heavy (non-hydrogen) atoms. The fourth-order valence-electron chi connectivity index (χ4n) is 2.28. The summed E-state index contributed by atoms with van der Waals surface area (Å²) in [6.07, 6.45) is 1.18. The summed E-state index contributed by atoms with van der Waals surface area (Å²) >= 11 is 3.56. The lowest BCUT2D eigenvalue weighted by atomic mass is 10.1. The van der Waals surface area contributed by atoms with Crippen molar-refractivity contribution in [2.75, 3.05) is 6.54 Å². The number of fused-ring (bicyclic) bond motifs is 1. The molecule has 0 saturated carbocycles. The van der Waals surface area contributed by atoms with Gasteiger partial charge in [-0.1, -0.05) is 0 Å². The van der Waals surface area contributed by atoms with Gasteiger partial charge in [0.25, 0.3) is 0 Å². The van der Waals surface area contributed by atoms with Gasteiger partial charge < -0.3 is 5.73 Å². The first-order valence-electron chi connectivity index (χ1n) is 6.20. The van der Waals surface area contributed by atoms with Crippen molar-refractivity contribution in [2.24, 2.45) is 5.73 Å². The van der Waals surface area contributed by atoms with Crippen LogP contribution >= 0.6 is 22.7 Å². The van der Waals surface area contributed by atoms with E-state index in [1.54, 1.807) is 16.2 Å². The summed E-state index contributed by atoms with van der Waals surface area (Å²) < 4.78 is 0. The monoisotopic (exact) mass is 279 g/mol. The van der Waals surface area contributed by atoms with E-state index < -0.39 is 0 Å². The summed E-state index contributed by atoms with van der Waals surface area (Å²) in [6, 6.07) is 2.30. The van der Waals surface area contributed by atoms with Gasteiger partial charge in [0.05, 0.1) is 11.7 Å². The Hall–Kier alpha value is -0.750. The summed E-state index contributed by atoms with van der Waals surface area (Å²) in [6.45, 7) is 5.13. The number of thiazole rings is 1. The molecule has 1 atom stereocenters. The highest BCUT2D eigenvalue weighted by Gasteiger charge is 2.18. The molecule has 3 rings (SSSR count). The molecule has 2 N–H and O–H groups in total. The molecule has 1 unspecified atom stereocenters. The minimum atomic E-state index is 0.0496. The molecule has 0 saturated heterocycles. The van der Waals surface area contributed by atoms with Gasteiger partial charge in [0.2, 0.25) is 0 Å². The van der Waals surface area contributed by atoms with Crippen molar-refractivity contribution < 1.29 is 0 Å². The molecule has 0 aliphatic carbocycles.